The Morgan fingerprint density at radius 2 is 1.96 bits per heavy atom. The Hall–Kier alpha value is -2.08. The van der Waals surface area contributed by atoms with Crippen molar-refractivity contribution in [2.45, 2.75) is 72.4 Å². The summed E-state index contributed by atoms with van der Waals surface area (Å²) in [6.45, 7) is 9.20. The summed E-state index contributed by atoms with van der Waals surface area (Å²) < 4.78 is 0. The van der Waals surface area contributed by atoms with E-state index in [4.69, 9.17) is 0 Å². The molecule has 0 bridgehead atoms. The van der Waals surface area contributed by atoms with Gasteiger partial charge in [0.1, 0.15) is 0 Å². The Morgan fingerprint density at radius 3 is 2.61 bits per heavy atom. The van der Waals surface area contributed by atoms with E-state index in [1.54, 1.807) is 0 Å². The number of carbonyl (C=O) groups is 1. The summed E-state index contributed by atoms with van der Waals surface area (Å²) in [5.41, 5.74) is 4.46. The summed E-state index contributed by atoms with van der Waals surface area (Å²) in [6, 6.07) is 2.51. The lowest BCUT2D eigenvalue weighted by molar-refractivity contribution is 0.0954. The average Bonchev–Trinajstić information content (AvgIpc) is 3.04. The van der Waals surface area contributed by atoms with Crippen LogP contribution in [0, 0.1) is 20.8 Å². The topological polar surface area (TPSA) is 65.2 Å². The smallest absolute Gasteiger partial charge is 0.261 e. The highest BCUT2D eigenvalue weighted by Gasteiger charge is 2.24. The van der Waals surface area contributed by atoms with Gasteiger partial charge in [-0.2, -0.15) is 0 Å². The minimum atomic E-state index is -0.129. The molecule has 1 fully saturated rings. The fraction of sp³-hybridized carbons (Fsp3) is 0.545. The van der Waals surface area contributed by atoms with Crippen LogP contribution in [0.15, 0.2) is 16.2 Å². The second-order valence-corrected chi connectivity index (χ2v) is 8.66. The predicted octanol–water partition coefficient (Wildman–Crippen LogP) is 4.45. The highest BCUT2D eigenvalue weighted by atomic mass is 32.1. The molecule has 2 heterocycles. The summed E-state index contributed by atoms with van der Waals surface area (Å²) in [5, 5.41) is 5.06. The van der Waals surface area contributed by atoms with Gasteiger partial charge in [-0.1, -0.05) is 19.3 Å². The zero-order chi connectivity index (χ0) is 20.3. The van der Waals surface area contributed by atoms with Gasteiger partial charge in [-0.15, -0.1) is 11.3 Å². The van der Waals surface area contributed by atoms with Gasteiger partial charge >= 0.3 is 0 Å². The molecule has 1 saturated carbocycles. The molecule has 2 N–H and O–H groups in total. The van der Waals surface area contributed by atoms with Crippen LogP contribution in [0.3, 0.4) is 0 Å². The molecular weight excluding hydrogens is 370 g/mol. The van der Waals surface area contributed by atoms with Crippen molar-refractivity contribution in [2.75, 3.05) is 11.4 Å². The second kappa shape index (κ2) is 8.95. The molecule has 6 heteroatoms. The number of aryl methyl sites for hydroxylation is 2. The van der Waals surface area contributed by atoms with E-state index < -0.39 is 0 Å². The number of hydrogen-bond acceptors (Lipinski definition) is 4. The lowest BCUT2D eigenvalue weighted by Crippen LogP contribution is -2.37. The number of anilines is 1. The molecule has 5 nitrogen and oxygen atoms in total. The monoisotopic (exact) mass is 401 g/mol. The number of nitrogens with zero attached hydrogens (tertiary/aromatic N) is 1. The van der Waals surface area contributed by atoms with E-state index in [1.165, 1.54) is 49.1 Å². The van der Waals surface area contributed by atoms with Gasteiger partial charge in [-0.05, 0) is 57.7 Å². The third-order valence-corrected chi connectivity index (χ3v) is 6.87. The molecule has 0 spiro atoms. The van der Waals surface area contributed by atoms with Crippen LogP contribution < -0.4 is 15.8 Å². The van der Waals surface area contributed by atoms with Gasteiger partial charge in [0.15, 0.2) is 0 Å². The highest BCUT2D eigenvalue weighted by Crippen LogP contribution is 2.34. The number of rotatable bonds is 6. The van der Waals surface area contributed by atoms with Crippen molar-refractivity contribution in [1.29, 1.82) is 0 Å². The van der Waals surface area contributed by atoms with Crippen molar-refractivity contribution in [3.63, 3.8) is 0 Å². The normalized spacial score (nSPS) is 14.9. The molecule has 0 atom stereocenters. The van der Waals surface area contributed by atoms with Crippen LogP contribution in [-0.2, 0) is 6.54 Å². The number of aromatic amines is 1. The van der Waals surface area contributed by atoms with Crippen molar-refractivity contribution in [1.82, 2.24) is 10.3 Å². The molecule has 28 heavy (non-hydrogen) atoms. The van der Waals surface area contributed by atoms with E-state index in [9.17, 15) is 9.59 Å². The summed E-state index contributed by atoms with van der Waals surface area (Å²) >= 11 is 1.50. The van der Waals surface area contributed by atoms with Gasteiger partial charge < -0.3 is 15.2 Å². The first kappa shape index (κ1) is 20.6. The first-order valence-electron chi connectivity index (χ1n) is 10.2. The van der Waals surface area contributed by atoms with Crippen LogP contribution in [0.2, 0.25) is 0 Å². The Morgan fingerprint density at radius 1 is 1.25 bits per heavy atom. The fourth-order valence-corrected chi connectivity index (χ4v) is 5.29. The Kier molecular flexibility index (Phi) is 6.60. The van der Waals surface area contributed by atoms with Crippen LogP contribution >= 0.6 is 11.3 Å². The Bertz CT molecular complexity index is 894. The summed E-state index contributed by atoms with van der Waals surface area (Å²) in [6.07, 6.45) is 6.40. The van der Waals surface area contributed by atoms with E-state index in [-0.39, 0.29) is 18.0 Å². The lowest BCUT2D eigenvalue weighted by atomic mass is 9.93. The minimum Gasteiger partial charge on any atom is -0.368 e. The highest BCUT2D eigenvalue weighted by molar-refractivity contribution is 7.12. The maximum absolute atomic E-state index is 12.8. The van der Waals surface area contributed by atoms with Gasteiger partial charge in [0.25, 0.3) is 11.5 Å². The number of amides is 1. The third-order valence-electron chi connectivity index (χ3n) is 5.80. The lowest BCUT2D eigenvalue weighted by Gasteiger charge is -2.35. The van der Waals surface area contributed by atoms with Gasteiger partial charge in [0.05, 0.1) is 10.6 Å². The third kappa shape index (κ3) is 4.32. The van der Waals surface area contributed by atoms with Crippen LogP contribution in [0.25, 0.3) is 0 Å². The number of aromatic nitrogens is 1. The number of carbonyl (C=O) groups excluding carboxylic acids is 1. The molecule has 0 aromatic carbocycles. The average molecular weight is 402 g/mol. The van der Waals surface area contributed by atoms with Crippen LogP contribution in [-0.4, -0.2) is 23.5 Å². The zero-order valence-corrected chi connectivity index (χ0v) is 18.2. The van der Waals surface area contributed by atoms with E-state index in [2.05, 4.69) is 27.5 Å². The van der Waals surface area contributed by atoms with Crippen molar-refractivity contribution in [3.05, 3.63) is 49.1 Å². The molecule has 1 aliphatic rings. The molecule has 2 aromatic heterocycles. The maximum atomic E-state index is 12.8. The number of nitrogens with one attached hydrogen (secondary N) is 2. The quantitative estimate of drug-likeness (QED) is 0.751. The van der Waals surface area contributed by atoms with E-state index >= 15 is 0 Å². The largest absolute Gasteiger partial charge is 0.368 e. The van der Waals surface area contributed by atoms with Gasteiger partial charge in [0, 0.05) is 35.8 Å². The van der Waals surface area contributed by atoms with E-state index in [0.29, 0.717) is 11.6 Å². The fourth-order valence-electron chi connectivity index (χ4n) is 4.28. The SMILES string of the molecule is CCN(c1csc(C(=O)NCc2c(C)cc(C)[nH]c2=O)c1C)C1CCCCC1. The number of pyridine rings is 1. The summed E-state index contributed by atoms with van der Waals surface area (Å²) in [7, 11) is 0. The number of thiophene rings is 1. The summed E-state index contributed by atoms with van der Waals surface area (Å²) in [4.78, 5) is 31.0. The molecular formula is C22H31N3O2S. The molecule has 3 rings (SSSR count). The van der Waals surface area contributed by atoms with Gasteiger partial charge in [0.2, 0.25) is 0 Å². The van der Waals surface area contributed by atoms with Crippen molar-refractivity contribution in [2.24, 2.45) is 0 Å². The molecule has 0 saturated heterocycles. The van der Waals surface area contributed by atoms with Crippen molar-refractivity contribution in [3.8, 4) is 0 Å². The number of H-pyrrole nitrogens is 1. The Balaban J connectivity index is 1.74. The maximum Gasteiger partial charge on any atom is 0.261 e. The minimum absolute atomic E-state index is 0.104. The molecule has 0 unspecified atom stereocenters. The molecule has 1 amide bonds. The molecule has 0 radical (unpaired) electrons. The first-order valence-corrected chi connectivity index (χ1v) is 11.1. The van der Waals surface area contributed by atoms with Crippen LogP contribution in [0.4, 0.5) is 5.69 Å². The van der Waals surface area contributed by atoms with E-state index in [1.807, 2.05) is 26.8 Å². The first-order chi connectivity index (χ1) is 13.4. The summed E-state index contributed by atoms with van der Waals surface area (Å²) in [5.74, 6) is -0.104. The zero-order valence-electron chi connectivity index (χ0n) is 17.4. The van der Waals surface area contributed by atoms with Crippen LogP contribution in [0.1, 0.15) is 71.1 Å². The van der Waals surface area contributed by atoms with Crippen molar-refractivity contribution < 1.29 is 4.79 Å². The predicted molar refractivity (Wildman–Crippen MR) is 117 cm³/mol. The molecule has 0 aliphatic heterocycles. The second-order valence-electron chi connectivity index (χ2n) is 7.78. The van der Waals surface area contributed by atoms with E-state index in [0.717, 1.165) is 28.2 Å². The molecule has 2 aromatic rings. The Labute approximate surface area is 171 Å². The van der Waals surface area contributed by atoms with Crippen molar-refractivity contribution >= 4 is 22.9 Å². The molecule has 152 valence electrons. The van der Waals surface area contributed by atoms with Gasteiger partial charge in [-0.3, -0.25) is 9.59 Å². The molecule has 1 aliphatic carbocycles. The number of hydrogen-bond donors (Lipinski definition) is 2. The standard InChI is InChI=1S/C22H31N3O2S/c1-5-25(17-9-7-6-8-10-17)19-13-28-20(16(19)4)22(27)23-12-18-14(2)11-15(3)24-21(18)26/h11,13,17H,5-10,12H2,1-4H3,(H,23,27)(H,24,26). The van der Waals surface area contributed by atoms with Crippen LogP contribution in [0.5, 0.6) is 0 Å². The van der Waals surface area contributed by atoms with Gasteiger partial charge in [-0.25, -0.2) is 0 Å².